The lowest BCUT2D eigenvalue weighted by Gasteiger charge is -2.15. The molecule has 0 saturated heterocycles. The number of aromatic nitrogens is 3. The summed E-state index contributed by atoms with van der Waals surface area (Å²) in [6.45, 7) is 8.35. The highest BCUT2D eigenvalue weighted by Crippen LogP contribution is 2.22. The second kappa shape index (κ2) is 7.27. The van der Waals surface area contributed by atoms with E-state index < -0.39 is 0 Å². The standard InChI is InChI=1S/C16H25BrN4/c1-5-8-18-14(6-2)13-7-9-21(10-13)11-15-16(17)12(3)19-20(15)4/h7,9-10,14,18H,5-6,8,11H2,1-4H3. The molecule has 21 heavy (non-hydrogen) atoms. The van der Waals surface area contributed by atoms with Gasteiger partial charge in [0.1, 0.15) is 0 Å². The van der Waals surface area contributed by atoms with Crippen molar-refractivity contribution < 1.29 is 0 Å². The summed E-state index contributed by atoms with van der Waals surface area (Å²) >= 11 is 3.63. The van der Waals surface area contributed by atoms with Crippen LogP contribution < -0.4 is 5.32 Å². The first-order valence-electron chi connectivity index (χ1n) is 7.63. The van der Waals surface area contributed by atoms with E-state index in [9.17, 15) is 0 Å². The van der Waals surface area contributed by atoms with Gasteiger partial charge in [-0.15, -0.1) is 0 Å². The molecule has 0 aromatic carbocycles. The van der Waals surface area contributed by atoms with Gasteiger partial charge < -0.3 is 9.88 Å². The molecule has 5 heteroatoms. The highest BCUT2D eigenvalue weighted by Gasteiger charge is 2.13. The van der Waals surface area contributed by atoms with Crippen molar-refractivity contribution in [2.75, 3.05) is 6.54 Å². The molecule has 2 rings (SSSR count). The highest BCUT2D eigenvalue weighted by atomic mass is 79.9. The summed E-state index contributed by atoms with van der Waals surface area (Å²) in [7, 11) is 2.00. The summed E-state index contributed by atoms with van der Waals surface area (Å²) in [6.07, 6.45) is 6.67. The molecule has 1 N–H and O–H groups in total. The van der Waals surface area contributed by atoms with Crippen LogP contribution in [0.25, 0.3) is 0 Å². The van der Waals surface area contributed by atoms with Crippen molar-refractivity contribution in [1.29, 1.82) is 0 Å². The summed E-state index contributed by atoms with van der Waals surface area (Å²) in [4.78, 5) is 0. The topological polar surface area (TPSA) is 34.8 Å². The summed E-state index contributed by atoms with van der Waals surface area (Å²) < 4.78 is 5.29. The van der Waals surface area contributed by atoms with Gasteiger partial charge in [0, 0.05) is 25.5 Å². The third kappa shape index (κ3) is 3.77. The maximum Gasteiger partial charge on any atom is 0.0739 e. The minimum absolute atomic E-state index is 0.447. The molecule has 1 atom stereocenters. The van der Waals surface area contributed by atoms with Crippen molar-refractivity contribution in [3.63, 3.8) is 0 Å². The smallest absolute Gasteiger partial charge is 0.0739 e. The number of nitrogens with zero attached hydrogens (tertiary/aromatic N) is 3. The van der Waals surface area contributed by atoms with Crippen molar-refractivity contribution in [3.8, 4) is 0 Å². The van der Waals surface area contributed by atoms with Crippen molar-refractivity contribution in [3.05, 3.63) is 39.9 Å². The van der Waals surface area contributed by atoms with Crippen molar-refractivity contribution in [1.82, 2.24) is 19.7 Å². The van der Waals surface area contributed by atoms with Gasteiger partial charge in [-0.1, -0.05) is 13.8 Å². The van der Waals surface area contributed by atoms with E-state index in [1.54, 1.807) is 0 Å². The minimum Gasteiger partial charge on any atom is -0.348 e. The normalized spacial score (nSPS) is 12.8. The lowest BCUT2D eigenvalue weighted by atomic mass is 10.1. The number of halogens is 1. The van der Waals surface area contributed by atoms with Crippen molar-refractivity contribution in [2.45, 2.75) is 46.2 Å². The van der Waals surface area contributed by atoms with E-state index in [0.717, 1.165) is 29.7 Å². The first-order valence-corrected chi connectivity index (χ1v) is 8.43. The molecule has 2 aromatic heterocycles. The molecular formula is C16H25BrN4. The molecule has 0 saturated carbocycles. The van der Waals surface area contributed by atoms with E-state index in [0.29, 0.717) is 6.04 Å². The van der Waals surface area contributed by atoms with Gasteiger partial charge >= 0.3 is 0 Å². The third-order valence-corrected chi connectivity index (χ3v) is 4.85. The van der Waals surface area contributed by atoms with E-state index in [1.807, 2.05) is 18.7 Å². The maximum atomic E-state index is 4.45. The van der Waals surface area contributed by atoms with Gasteiger partial charge in [-0.2, -0.15) is 5.10 Å². The van der Waals surface area contributed by atoms with Gasteiger partial charge in [-0.25, -0.2) is 0 Å². The quantitative estimate of drug-likeness (QED) is 0.822. The number of nitrogens with one attached hydrogen (secondary N) is 1. The highest BCUT2D eigenvalue weighted by molar-refractivity contribution is 9.10. The first kappa shape index (κ1) is 16.3. The Bertz CT molecular complexity index is 585. The van der Waals surface area contributed by atoms with Gasteiger partial charge in [0.15, 0.2) is 0 Å². The molecule has 0 spiro atoms. The van der Waals surface area contributed by atoms with Crippen molar-refractivity contribution >= 4 is 15.9 Å². The van der Waals surface area contributed by atoms with Crippen LogP contribution in [-0.2, 0) is 13.6 Å². The Balaban J connectivity index is 2.12. The molecule has 0 aliphatic heterocycles. The molecular weight excluding hydrogens is 328 g/mol. The van der Waals surface area contributed by atoms with Gasteiger partial charge in [0.2, 0.25) is 0 Å². The Morgan fingerprint density at radius 2 is 2.14 bits per heavy atom. The predicted molar refractivity (Wildman–Crippen MR) is 90.5 cm³/mol. The largest absolute Gasteiger partial charge is 0.348 e. The fourth-order valence-corrected chi connectivity index (χ4v) is 3.07. The van der Waals surface area contributed by atoms with Gasteiger partial charge in [-0.05, 0) is 53.9 Å². The van der Waals surface area contributed by atoms with Gasteiger partial charge in [0.25, 0.3) is 0 Å². The van der Waals surface area contributed by atoms with Crippen LogP contribution in [0.2, 0.25) is 0 Å². The first-order chi connectivity index (χ1) is 10.1. The zero-order valence-electron chi connectivity index (χ0n) is 13.4. The van der Waals surface area contributed by atoms with Crippen LogP contribution in [0.1, 0.15) is 49.7 Å². The lowest BCUT2D eigenvalue weighted by molar-refractivity contribution is 0.517. The van der Waals surface area contributed by atoms with Crippen LogP contribution in [0.4, 0.5) is 0 Å². The molecule has 0 aliphatic rings. The number of hydrogen-bond acceptors (Lipinski definition) is 2. The number of aryl methyl sites for hydroxylation is 2. The van der Waals surface area contributed by atoms with Crippen LogP contribution in [0.15, 0.2) is 22.9 Å². The fourth-order valence-electron chi connectivity index (χ4n) is 2.61. The second-order valence-corrected chi connectivity index (χ2v) is 6.29. The van der Waals surface area contributed by atoms with E-state index in [1.165, 1.54) is 17.7 Å². The molecule has 0 radical (unpaired) electrons. The summed E-state index contributed by atoms with van der Waals surface area (Å²) in [6, 6.07) is 2.66. The average molecular weight is 353 g/mol. The van der Waals surface area contributed by atoms with E-state index in [4.69, 9.17) is 0 Å². The minimum atomic E-state index is 0.447. The number of rotatable bonds is 7. The Morgan fingerprint density at radius 3 is 2.71 bits per heavy atom. The zero-order chi connectivity index (χ0) is 15.4. The Labute approximate surface area is 135 Å². The molecule has 116 valence electrons. The molecule has 2 heterocycles. The number of hydrogen-bond donors (Lipinski definition) is 1. The molecule has 1 unspecified atom stereocenters. The van der Waals surface area contributed by atoms with Crippen LogP contribution in [0.5, 0.6) is 0 Å². The maximum absolute atomic E-state index is 4.45. The van der Waals surface area contributed by atoms with Gasteiger partial charge in [0.05, 0.1) is 22.4 Å². The molecule has 0 bridgehead atoms. The average Bonchev–Trinajstić information content (AvgIpc) is 3.01. The zero-order valence-corrected chi connectivity index (χ0v) is 14.9. The van der Waals surface area contributed by atoms with Gasteiger partial charge in [-0.3, -0.25) is 4.68 Å². The van der Waals surface area contributed by atoms with Crippen LogP contribution in [0.3, 0.4) is 0 Å². The van der Waals surface area contributed by atoms with E-state index >= 15 is 0 Å². The molecule has 2 aromatic rings. The SMILES string of the molecule is CCCNC(CC)c1ccn(Cc2c(Br)c(C)nn2C)c1. The predicted octanol–water partition coefficient (Wildman–Crippen LogP) is 3.79. The summed E-state index contributed by atoms with van der Waals surface area (Å²) in [5.74, 6) is 0. The second-order valence-electron chi connectivity index (χ2n) is 5.50. The summed E-state index contributed by atoms with van der Waals surface area (Å²) in [5, 5.41) is 8.05. The molecule has 4 nitrogen and oxygen atoms in total. The molecule has 0 aliphatic carbocycles. The van der Waals surface area contributed by atoms with Crippen LogP contribution in [0, 0.1) is 6.92 Å². The Morgan fingerprint density at radius 1 is 1.38 bits per heavy atom. The summed E-state index contributed by atoms with van der Waals surface area (Å²) in [5.41, 5.74) is 3.60. The monoisotopic (exact) mass is 352 g/mol. The molecule has 0 amide bonds. The fraction of sp³-hybridized carbons (Fsp3) is 0.562. The third-order valence-electron chi connectivity index (χ3n) is 3.82. The Kier molecular flexibility index (Phi) is 5.65. The Hall–Kier alpha value is -1.07. The van der Waals surface area contributed by atoms with E-state index in [2.05, 4.69) is 63.2 Å². The molecule has 0 fully saturated rings. The van der Waals surface area contributed by atoms with Crippen molar-refractivity contribution in [2.24, 2.45) is 7.05 Å². The van der Waals surface area contributed by atoms with Crippen LogP contribution in [-0.4, -0.2) is 20.9 Å². The van der Waals surface area contributed by atoms with Crippen LogP contribution >= 0.6 is 15.9 Å². The van der Waals surface area contributed by atoms with E-state index in [-0.39, 0.29) is 0 Å². The lowest BCUT2D eigenvalue weighted by Crippen LogP contribution is -2.21.